The van der Waals surface area contributed by atoms with Crippen LogP contribution in [0, 0.1) is 0 Å². The molecule has 0 fully saturated rings. The SMILES string of the molecule is CCCC(C)P(c1cc2ccccc2c2ccccc12)C(C)CCC. The van der Waals surface area contributed by atoms with Gasteiger partial charge in [-0.1, -0.05) is 97.0 Å². The minimum absolute atomic E-state index is 0.163. The number of rotatable bonds is 7. The number of hydrogen-bond donors (Lipinski definition) is 0. The average molecular weight is 350 g/mol. The molecule has 0 saturated carbocycles. The number of benzene rings is 3. The van der Waals surface area contributed by atoms with Crippen molar-refractivity contribution in [2.24, 2.45) is 0 Å². The molecule has 3 rings (SSSR count). The maximum Gasteiger partial charge on any atom is -0.00990 e. The van der Waals surface area contributed by atoms with Crippen LogP contribution in [0.1, 0.15) is 53.4 Å². The van der Waals surface area contributed by atoms with E-state index in [0.29, 0.717) is 0 Å². The lowest BCUT2D eigenvalue weighted by molar-refractivity contribution is 0.741. The van der Waals surface area contributed by atoms with Crippen molar-refractivity contribution in [3.8, 4) is 0 Å². The molecule has 0 spiro atoms. The average Bonchev–Trinajstić information content (AvgIpc) is 2.62. The van der Waals surface area contributed by atoms with Crippen molar-refractivity contribution in [3.05, 3.63) is 54.6 Å². The van der Waals surface area contributed by atoms with E-state index < -0.39 is 0 Å². The fourth-order valence-corrected chi connectivity index (χ4v) is 7.92. The number of hydrogen-bond acceptors (Lipinski definition) is 0. The molecule has 0 amide bonds. The highest BCUT2D eigenvalue weighted by Crippen LogP contribution is 2.50. The van der Waals surface area contributed by atoms with Gasteiger partial charge in [0.15, 0.2) is 0 Å². The van der Waals surface area contributed by atoms with E-state index in [1.54, 1.807) is 5.30 Å². The van der Waals surface area contributed by atoms with E-state index >= 15 is 0 Å². The van der Waals surface area contributed by atoms with Gasteiger partial charge in [-0.25, -0.2) is 0 Å². The molecule has 0 heterocycles. The van der Waals surface area contributed by atoms with Crippen LogP contribution in [-0.2, 0) is 0 Å². The Balaban J connectivity index is 2.24. The van der Waals surface area contributed by atoms with E-state index in [1.807, 2.05) is 0 Å². The van der Waals surface area contributed by atoms with Gasteiger partial charge in [-0.2, -0.15) is 0 Å². The maximum absolute atomic E-state index is 2.52. The van der Waals surface area contributed by atoms with Crippen LogP contribution in [0.5, 0.6) is 0 Å². The van der Waals surface area contributed by atoms with E-state index in [1.165, 1.54) is 47.2 Å². The third-order valence-electron chi connectivity index (χ3n) is 5.39. The van der Waals surface area contributed by atoms with Gasteiger partial charge >= 0.3 is 0 Å². The summed E-state index contributed by atoms with van der Waals surface area (Å²) in [5.41, 5.74) is 1.57. The Bertz CT molecular complexity index is 824. The summed E-state index contributed by atoms with van der Waals surface area (Å²) in [5.74, 6) is 0. The highest BCUT2D eigenvalue weighted by Gasteiger charge is 2.26. The second kappa shape index (κ2) is 8.33. The minimum Gasteiger partial charge on any atom is -0.0688 e. The highest BCUT2D eigenvalue weighted by molar-refractivity contribution is 7.67. The van der Waals surface area contributed by atoms with Crippen molar-refractivity contribution in [2.75, 3.05) is 0 Å². The lowest BCUT2D eigenvalue weighted by Crippen LogP contribution is -2.20. The Kier molecular flexibility index (Phi) is 6.13. The van der Waals surface area contributed by atoms with Crippen LogP contribution < -0.4 is 5.30 Å². The molecule has 2 atom stereocenters. The van der Waals surface area contributed by atoms with Crippen molar-refractivity contribution in [1.29, 1.82) is 0 Å². The Morgan fingerprint density at radius 2 is 1.24 bits per heavy atom. The van der Waals surface area contributed by atoms with Gasteiger partial charge in [0.05, 0.1) is 0 Å². The topological polar surface area (TPSA) is 0 Å². The number of fused-ring (bicyclic) bond motifs is 3. The molecule has 3 aromatic carbocycles. The summed E-state index contributed by atoms with van der Waals surface area (Å²) < 4.78 is 0. The van der Waals surface area contributed by atoms with Gasteiger partial charge in [0.1, 0.15) is 0 Å². The first kappa shape index (κ1) is 18.4. The lowest BCUT2D eigenvalue weighted by Gasteiger charge is -2.32. The molecule has 0 saturated heterocycles. The largest absolute Gasteiger partial charge is 0.0688 e. The van der Waals surface area contributed by atoms with Crippen molar-refractivity contribution in [1.82, 2.24) is 0 Å². The molecule has 0 nitrogen and oxygen atoms in total. The molecule has 0 aliphatic rings. The zero-order valence-corrected chi connectivity index (χ0v) is 17.0. The molecule has 0 aliphatic heterocycles. The van der Waals surface area contributed by atoms with Crippen molar-refractivity contribution in [3.63, 3.8) is 0 Å². The van der Waals surface area contributed by atoms with Gasteiger partial charge in [-0.15, -0.1) is 0 Å². The third-order valence-corrected chi connectivity index (χ3v) is 8.73. The Labute approximate surface area is 154 Å². The normalized spacial score (nSPS) is 15.4. The van der Waals surface area contributed by atoms with Gasteiger partial charge in [0.25, 0.3) is 0 Å². The van der Waals surface area contributed by atoms with Crippen LogP contribution in [0.25, 0.3) is 21.5 Å². The molecule has 25 heavy (non-hydrogen) atoms. The van der Waals surface area contributed by atoms with E-state index in [2.05, 4.69) is 82.3 Å². The van der Waals surface area contributed by atoms with E-state index in [9.17, 15) is 0 Å². The molecule has 132 valence electrons. The summed E-state index contributed by atoms with van der Waals surface area (Å²) in [7, 11) is -0.163. The Morgan fingerprint density at radius 1 is 0.720 bits per heavy atom. The summed E-state index contributed by atoms with van der Waals surface area (Å²) in [6, 6.07) is 20.5. The Morgan fingerprint density at radius 3 is 1.84 bits per heavy atom. The van der Waals surface area contributed by atoms with Crippen LogP contribution >= 0.6 is 7.92 Å². The minimum atomic E-state index is -0.163. The zero-order valence-electron chi connectivity index (χ0n) is 16.1. The molecule has 2 unspecified atom stereocenters. The maximum atomic E-state index is 2.52. The Hall–Kier alpha value is -1.39. The van der Waals surface area contributed by atoms with Crippen molar-refractivity contribution < 1.29 is 0 Å². The molecular formula is C24H31P. The van der Waals surface area contributed by atoms with E-state index in [4.69, 9.17) is 0 Å². The first-order valence-corrected chi connectivity index (χ1v) is 11.3. The van der Waals surface area contributed by atoms with Crippen LogP contribution in [0.2, 0.25) is 0 Å². The molecule has 0 bridgehead atoms. The smallest absolute Gasteiger partial charge is 0.00990 e. The molecule has 0 radical (unpaired) electrons. The standard InChI is InChI=1S/C24H31P/c1-5-11-18(3)25(19(4)12-6-2)24-17-20-13-7-8-14-21(20)22-15-9-10-16-23(22)24/h7-10,13-19H,5-6,11-12H2,1-4H3. The molecule has 0 N–H and O–H groups in total. The predicted octanol–water partition coefficient (Wildman–Crippen LogP) is 7.48. The van der Waals surface area contributed by atoms with Crippen LogP contribution in [-0.4, -0.2) is 11.3 Å². The molecular weight excluding hydrogens is 319 g/mol. The van der Waals surface area contributed by atoms with Gasteiger partial charge in [0.2, 0.25) is 0 Å². The van der Waals surface area contributed by atoms with E-state index in [-0.39, 0.29) is 7.92 Å². The van der Waals surface area contributed by atoms with Crippen molar-refractivity contribution >= 4 is 34.8 Å². The summed E-state index contributed by atoms with van der Waals surface area (Å²) in [5, 5.41) is 7.33. The summed E-state index contributed by atoms with van der Waals surface area (Å²) in [6.07, 6.45) is 5.23. The van der Waals surface area contributed by atoms with Crippen LogP contribution in [0.15, 0.2) is 54.6 Å². The summed E-state index contributed by atoms with van der Waals surface area (Å²) in [4.78, 5) is 0. The van der Waals surface area contributed by atoms with Crippen molar-refractivity contribution in [2.45, 2.75) is 64.7 Å². The van der Waals surface area contributed by atoms with Gasteiger partial charge in [-0.05, 0) is 57.1 Å². The van der Waals surface area contributed by atoms with Gasteiger partial charge in [-0.3, -0.25) is 0 Å². The van der Waals surface area contributed by atoms with E-state index in [0.717, 1.165) is 11.3 Å². The molecule has 0 aliphatic carbocycles. The predicted molar refractivity (Wildman–Crippen MR) is 117 cm³/mol. The van der Waals surface area contributed by atoms with Crippen LogP contribution in [0.3, 0.4) is 0 Å². The lowest BCUT2D eigenvalue weighted by atomic mass is 10.0. The molecule has 3 aromatic rings. The quantitative estimate of drug-likeness (QED) is 0.306. The zero-order chi connectivity index (χ0) is 17.8. The monoisotopic (exact) mass is 350 g/mol. The summed E-state index contributed by atoms with van der Waals surface area (Å²) >= 11 is 0. The second-order valence-corrected chi connectivity index (χ2v) is 10.4. The third kappa shape index (κ3) is 3.75. The molecule has 1 heteroatoms. The van der Waals surface area contributed by atoms with Gasteiger partial charge in [0, 0.05) is 0 Å². The first-order chi connectivity index (χ1) is 12.2. The highest BCUT2D eigenvalue weighted by atomic mass is 31.1. The van der Waals surface area contributed by atoms with Crippen LogP contribution in [0.4, 0.5) is 0 Å². The fourth-order valence-electron chi connectivity index (χ4n) is 4.27. The van der Waals surface area contributed by atoms with Gasteiger partial charge < -0.3 is 0 Å². The summed E-state index contributed by atoms with van der Waals surface area (Å²) in [6.45, 7) is 9.64. The first-order valence-electron chi connectivity index (χ1n) is 9.86. The fraction of sp³-hybridized carbons (Fsp3) is 0.417. The molecule has 0 aromatic heterocycles. The second-order valence-electron chi connectivity index (χ2n) is 7.35.